The van der Waals surface area contributed by atoms with E-state index < -0.39 is 11.6 Å². The third-order valence-electron chi connectivity index (χ3n) is 1.71. The van der Waals surface area contributed by atoms with Crippen LogP contribution in [0, 0.1) is 11.6 Å². The lowest BCUT2D eigenvalue weighted by molar-refractivity contribution is 0.295. The largest absolute Gasteiger partial charge is 0.497 e. The van der Waals surface area contributed by atoms with E-state index in [2.05, 4.69) is 4.74 Å². The van der Waals surface area contributed by atoms with Gasteiger partial charge < -0.3 is 9.84 Å². The van der Waals surface area contributed by atoms with Gasteiger partial charge >= 0.3 is 0 Å². The van der Waals surface area contributed by atoms with Crippen molar-refractivity contribution < 1.29 is 18.6 Å². The molecule has 0 atom stereocenters. The fraction of sp³-hybridized carbons (Fsp3) is 0.333. The van der Waals surface area contributed by atoms with Crippen molar-refractivity contribution in [3.8, 4) is 5.75 Å². The van der Waals surface area contributed by atoms with Gasteiger partial charge in [-0.15, -0.1) is 0 Å². The molecule has 0 saturated carbocycles. The lowest BCUT2D eigenvalue weighted by Crippen LogP contribution is -2.00. The highest BCUT2D eigenvalue weighted by Crippen LogP contribution is 2.20. The van der Waals surface area contributed by atoms with Gasteiger partial charge in [-0.25, -0.2) is 8.78 Å². The van der Waals surface area contributed by atoms with E-state index in [-0.39, 0.29) is 24.3 Å². The number of halogens is 2. The van der Waals surface area contributed by atoms with Crippen molar-refractivity contribution >= 4 is 0 Å². The minimum absolute atomic E-state index is 0.0261. The topological polar surface area (TPSA) is 29.5 Å². The van der Waals surface area contributed by atoms with Crippen LogP contribution >= 0.6 is 0 Å². The fourth-order valence-corrected chi connectivity index (χ4v) is 1.05. The second-order valence-electron chi connectivity index (χ2n) is 2.54. The quantitative estimate of drug-likeness (QED) is 0.779. The van der Waals surface area contributed by atoms with E-state index in [0.717, 1.165) is 12.1 Å². The van der Waals surface area contributed by atoms with Crippen molar-refractivity contribution in [3.63, 3.8) is 0 Å². The molecule has 72 valence electrons. The van der Waals surface area contributed by atoms with Gasteiger partial charge in [0.2, 0.25) is 0 Å². The van der Waals surface area contributed by atoms with Crippen molar-refractivity contribution in [1.82, 2.24) is 0 Å². The normalized spacial score (nSPS) is 10.2. The molecule has 0 amide bonds. The predicted molar refractivity (Wildman–Crippen MR) is 43.7 cm³/mol. The third kappa shape index (κ3) is 2.15. The molecule has 0 heterocycles. The molecule has 1 aromatic carbocycles. The summed E-state index contributed by atoms with van der Waals surface area (Å²) >= 11 is 0. The zero-order valence-electron chi connectivity index (χ0n) is 7.18. The summed E-state index contributed by atoms with van der Waals surface area (Å²) in [5.41, 5.74) is -0.108. The van der Waals surface area contributed by atoms with E-state index in [1.807, 2.05) is 0 Å². The van der Waals surface area contributed by atoms with Gasteiger partial charge in [0.25, 0.3) is 0 Å². The molecule has 0 aromatic heterocycles. The first-order valence-corrected chi connectivity index (χ1v) is 3.81. The summed E-state index contributed by atoms with van der Waals surface area (Å²) in [6.45, 7) is -0.278. The molecule has 0 aliphatic heterocycles. The van der Waals surface area contributed by atoms with Crippen LogP contribution in [0.4, 0.5) is 8.78 Å². The summed E-state index contributed by atoms with van der Waals surface area (Å²) in [7, 11) is 1.33. The second kappa shape index (κ2) is 4.18. The second-order valence-corrected chi connectivity index (χ2v) is 2.54. The van der Waals surface area contributed by atoms with Crippen LogP contribution in [0.1, 0.15) is 5.56 Å². The van der Waals surface area contributed by atoms with E-state index in [4.69, 9.17) is 5.11 Å². The summed E-state index contributed by atoms with van der Waals surface area (Å²) in [4.78, 5) is 0. The first-order valence-electron chi connectivity index (χ1n) is 3.81. The minimum Gasteiger partial charge on any atom is -0.497 e. The maximum Gasteiger partial charge on any atom is 0.133 e. The van der Waals surface area contributed by atoms with Crippen LogP contribution in [0.3, 0.4) is 0 Å². The molecule has 1 N–H and O–H groups in total. The first kappa shape index (κ1) is 9.92. The number of hydrogen-bond acceptors (Lipinski definition) is 2. The van der Waals surface area contributed by atoms with E-state index in [0.29, 0.717) is 0 Å². The molecule has 2 nitrogen and oxygen atoms in total. The number of ether oxygens (including phenoxy) is 1. The van der Waals surface area contributed by atoms with E-state index >= 15 is 0 Å². The van der Waals surface area contributed by atoms with E-state index in [9.17, 15) is 8.78 Å². The van der Waals surface area contributed by atoms with Crippen LogP contribution in [-0.4, -0.2) is 18.8 Å². The Balaban J connectivity index is 3.07. The molecule has 0 aliphatic carbocycles. The molecule has 0 bridgehead atoms. The Hall–Kier alpha value is -1.16. The van der Waals surface area contributed by atoms with Gasteiger partial charge in [-0.05, 0) is 0 Å². The summed E-state index contributed by atoms with van der Waals surface area (Å²) in [6, 6.07) is 2.18. The first-order chi connectivity index (χ1) is 6.19. The lowest BCUT2D eigenvalue weighted by atomic mass is 10.1. The molecule has 0 unspecified atom stereocenters. The van der Waals surface area contributed by atoms with Crippen LogP contribution in [0.2, 0.25) is 0 Å². The van der Waals surface area contributed by atoms with Crippen molar-refractivity contribution in [2.75, 3.05) is 13.7 Å². The molecule has 0 aliphatic rings. The van der Waals surface area contributed by atoms with Crippen LogP contribution in [0.5, 0.6) is 5.75 Å². The average molecular weight is 188 g/mol. The van der Waals surface area contributed by atoms with Gasteiger partial charge in [-0.2, -0.15) is 0 Å². The Morgan fingerprint density at radius 3 is 2.23 bits per heavy atom. The van der Waals surface area contributed by atoms with Crippen molar-refractivity contribution in [2.24, 2.45) is 0 Å². The summed E-state index contributed by atoms with van der Waals surface area (Å²) in [5, 5.41) is 8.53. The van der Waals surface area contributed by atoms with E-state index in [1.54, 1.807) is 0 Å². The molecule has 1 rings (SSSR count). The Kier molecular flexibility index (Phi) is 3.19. The Bertz CT molecular complexity index is 277. The average Bonchev–Trinajstić information content (AvgIpc) is 2.11. The minimum atomic E-state index is -0.689. The van der Waals surface area contributed by atoms with Gasteiger partial charge in [0.15, 0.2) is 0 Å². The molecular weight excluding hydrogens is 178 g/mol. The summed E-state index contributed by atoms with van der Waals surface area (Å²) in [5.74, 6) is -1.24. The molecule has 1 aromatic rings. The number of benzene rings is 1. The molecular formula is C9H10F2O2. The Labute approximate surface area is 74.8 Å². The number of aliphatic hydroxyl groups is 1. The molecule has 0 radical (unpaired) electrons. The fourth-order valence-electron chi connectivity index (χ4n) is 1.05. The van der Waals surface area contributed by atoms with Gasteiger partial charge in [0, 0.05) is 30.7 Å². The van der Waals surface area contributed by atoms with Gasteiger partial charge in [-0.3, -0.25) is 0 Å². The highest BCUT2D eigenvalue weighted by Gasteiger charge is 2.10. The number of hydrogen-bond donors (Lipinski definition) is 1. The lowest BCUT2D eigenvalue weighted by Gasteiger charge is -2.05. The monoisotopic (exact) mass is 188 g/mol. The van der Waals surface area contributed by atoms with Crippen LogP contribution in [0.15, 0.2) is 12.1 Å². The molecule has 13 heavy (non-hydrogen) atoms. The maximum atomic E-state index is 13.1. The number of aliphatic hydroxyl groups excluding tert-OH is 1. The van der Waals surface area contributed by atoms with Crippen molar-refractivity contribution in [2.45, 2.75) is 6.42 Å². The molecule has 0 spiro atoms. The molecule has 4 heteroatoms. The SMILES string of the molecule is COc1cc(F)c(CCO)c(F)c1. The number of rotatable bonds is 3. The van der Waals surface area contributed by atoms with Crippen LogP contribution < -0.4 is 4.74 Å². The van der Waals surface area contributed by atoms with Crippen molar-refractivity contribution in [3.05, 3.63) is 29.3 Å². The maximum absolute atomic E-state index is 13.1. The summed E-state index contributed by atoms with van der Waals surface area (Å²) in [6.07, 6.45) is -0.0261. The van der Waals surface area contributed by atoms with Gasteiger partial charge in [0.1, 0.15) is 17.4 Å². The van der Waals surface area contributed by atoms with Crippen molar-refractivity contribution in [1.29, 1.82) is 0 Å². The Morgan fingerprint density at radius 2 is 1.85 bits per heavy atom. The zero-order valence-corrected chi connectivity index (χ0v) is 7.18. The molecule has 0 fully saturated rings. The predicted octanol–water partition coefficient (Wildman–Crippen LogP) is 1.51. The highest BCUT2D eigenvalue weighted by atomic mass is 19.1. The zero-order chi connectivity index (χ0) is 9.84. The molecule has 0 saturated heterocycles. The number of methoxy groups -OCH3 is 1. The highest BCUT2D eigenvalue weighted by molar-refractivity contribution is 5.30. The smallest absolute Gasteiger partial charge is 0.133 e. The standard InChI is InChI=1S/C9H10F2O2/c1-13-6-4-8(10)7(2-3-12)9(11)5-6/h4-5,12H,2-3H2,1H3. The third-order valence-corrected chi connectivity index (χ3v) is 1.71. The van der Waals surface area contributed by atoms with Gasteiger partial charge in [-0.1, -0.05) is 0 Å². The van der Waals surface area contributed by atoms with Crippen LogP contribution in [0.25, 0.3) is 0 Å². The Morgan fingerprint density at radius 1 is 1.31 bits per heavy atom. The van der Waals surface area contributed by atoms with Crippen LogP contribution in [-0.2, 0) is 6.42 Å². The van der Waals surface area contributed by atoms with Gasteiger partial charge in [0.05, 0.1) is 7.11 Å². The summed E-state index contributed by atoms with van der Waals surface area (Å²) < 4.78 is 30.8. The van der Waals surface area contributed by atoms with E-state index in [1.165, 1.54) is 7.11 Å².